The number of nitrogens with one attached hydrogen (secondary N) is 1. The minimum atomic E-state index is -0.0206. The molecule has 0 fully saturated rings. The molecule has 0 aliphatic rings. The van der Waals surface area contributed by atoms with E-state index in [1.807, 2.05) is 45.8 Å². The van der Waals surface area contributed by atoms with E-state index in [0.29, 0.717) is 11.8 Å². The summed E-state index contributed by atoms with van der Waals surface area (Å²) in [4.78, 5) is 0. The van der Waals surface area contributed by atoms with Crippen molar-refractivity contribution < 1.29 is 0 Å². The molecule has 0 saturated carbocycles. The van der Waals surface area contributed by atoms with Gasteiger partial charge in [0, 0.05) is 0 Å². The Bertz CT molecular complexity index is 963. The predicted octanol–water partition coefficient (Wildman–Crippen LogP) is 3.78. The quantitative estimate of drug-likeness (QED) is 0.564. The number of aromatic nitrogens is 6. The van der Waals surface area contributed by atoms with Crippen LogP contribution in [0.1, 0.15) is 40.0 Å². The highest BCUT2D eigenvalue weighted by Crippen LogP contribution is 2.26. The van der Waals surface area contributed by atoms with Gasteiger partial charge in [0.2, 0.25) is 0 Å². The van der Waals surface area contributed by atoms with Gasteiger partial charge in [0.05, 0.1) is 11.0 Å². The molecule has 0 aliphatic heterocycles. The first kappa shape index (κ1) is 17.6. The van der Waals surface area contributed by atoms with Crippen molar-refractivity contribution in [3.8, 4) is 0 Å². The van der Waals surface area contributed by atoms with Crippen LogP contribution in [-0.4, -0.2) is 30.0 Å². The van der Waals surface area contributed by atoms with Crippen LogP contribution in [0.5, 0.6) is 0 Å². The third kappa shape index (κ3) is 3.19. The molecular formula is C20H25N7. The maximum absolute atomic E-state index is 4.43. The summed E-state index contributed by atoms with van der Waals surface area (Å²) in [5.74, 6) is 0.622. The van der Waals surface area contributed by atoms with Gasteiger partial charge >= 0.3 is 0 Å². The number of fused-ring (bicyclic) bond motifs is 2. The molecule has 0 radical (unpaired) electrons. The summed E-state index contributed by atoms with van der Waals surface area (Å²) in [6.45, 7) is 8.74. The van der Waals surface area contributed by atoms with Gasteiger partial charge in [0.15, 0.2) is 0 Å². The van der Waals surface area contributed by atoms with Crippen molar-refractivity contribution in [2.45, 2.75) is 40.0 Å². The molecule has 0 spiro atoms. The topological polar surface area (TPSA) is 73.5 Å². The lowest BCUT2D eigenvalue weighted by atomic mass is 10.1. The maximum Gasteiger partial charge on any atom is 0.113 e. The van der Waals surface area contributed by atoms with Crippen LogP contribution in [-0.2, 0) is 0 Å². The molecule has 2 aromatic heterocycles. The van der Waals surface area contributed by atoms with Crippen molar-refractivity contribution in [2.75, 3.05) is 0 Å². The zero-order valence-electron chi connectivity index (χ0n) is 16.1. The van der Waals surface area contributed by atoms with Gasteiger partial charge in [0.25, 0.3) is 0 Å². The Morgan fingerprint density at radius 1 is 0.667 bits per heavy atom. The zero-order chi connectivity index (χ0) is 19.0. The number of para-hydroxylation sites is 2. The molecule has 27 heavy (non-hydrogen) atoms. The van der Waals surface area contributed by atoms with Gasteiger partial charge in [-0.05, 0) is 36.1 Å². The highest BCUT2D eigenvalue weighted by Gasteiger charge is 2.27. The average molecular weight is 363 g/mol. The van der Waals surface area contributed by atoms with E-state index in [9.17, 15) is 0 Å². The minimum Gasteiger partial charge on any atom is -0.273 e. The summed E-state index contributed by atoms with van der Waals surface area (Å²) < 4.78 is 3.96. The second kappa shape index (κ2) is 7.08. The van der Waals surface area contributed by atoms with E-state index in [1.54, 1.807) is 0 Å². The van der Waals surface area contributed by atoms with Crippen LogP contribution in [0.3, 0.4) is 0 Å². The van der Waals surface area contributed by atoms with E-state index < -0.39 is 0 Å². The standard InChI is InChI=1S/C20H25N7/c1-13(2)19(26-17-11-7-5-9-15(17)22-24-26)21-20(14(3)4)27-18-12-8-6-10-16(18)23-25-27/h5-14,19-21H,1-4H3. The molecule has 1 N–H and O–H groups in total. The van der Waals surface area contributed by atoms with Gasteiger partial charge in [-0.15, -0.1) is 10.2 Å². The largest absolute Gasteiger partial charge is 0.273 e. The van der Waals surface area contributed by atoms with E-state index in [1.165, 1.54) is 0 Å². The number of hydrogen-bond acceptors (Lipinski definition) is 5. The molecule has 4 aromatic rings. The van der Waals surface area contributed by atoms with Crippen molar-refractivity contribution in [3.63, 3.8) is 0 Å². The summed E-state index contributed by atoms with van der Waals surface area (Å²) in [5, 5.41) is 21.3. The van der Waals surface area contributed by atoms with E-state index in [0.717, 1.165) is 22.1 Å². The van der Waals surface area contributed by atoms with Crippen LogP contribution in [0.2, 0.25) is 0 Å². The molecule has 0 saturated heterocycles. The first-order valence-electron chi connectivity index (χ1n) is 9.42. The smallest absolute Gasteiger partial charge is 0.113 e. The van der Waals surface area contributed by atoms with Crippen LogP contribution in [0, 0.1) is 11.8 Å². The van der Waals surface area contributed by atoms with E-state index in [2.05, 4.69) is 65.8 Å². The lowest BCUT2D eigenvalue weighted by molar-refractivity contribution is 0.179. The SMILES string of the molecule is CC(C)C(NC(C(C)C)n1nnc2ccccc21)n1nnc2ccccc21. The lowest BCUT2D eigenvalue weighted by Gasteiger charge is -2.31. The number of rotatable bonds is 6. The molecule has 2 heterocycles. The average Bonchev–Trinajstić information content (AvgIpc) is 3.27. The molecule has 2 aromatic carbocycles. The van der Waals surface area contributed by atoms with Crippen molar-refractivity contribution in [1.82, 2.24) is 35.3 Å². The molecule has 0 amide bonds. The second-order valence-electron chi connectivity index (χ2n) is 7.59. The number of nitrogens with zero attached hydrogens (tertiary/aromatic N) is 6. The summed E-state index contributed by atoms with van der Waals surface area (Å²) in [6.07, 6.45) is -0.0412. The van der Waals surface area contributed by atoms with Crippen molar-refractivity contribution in [1.29, 1.82) is 0 Å². The molecule has 0 bridgehead atoms. The lowest BCUT2D eigenvalue weighted by Crippen LogP contribution is -2.40. The van der Waals surface area contributed by atoms with Gasteiger partial charge in [-0.25, -0.2) is 9.36 Å². The van der Waals surface area contributed by atoms with Crippen LogP contribution in [0.25, 0.3) is 22.1 Å². The van der Waals surface area contributed by atoms with Gasteiger partial charge in [-0.2, -0.15) is 0 Å². The second-order valence-corrected chi connectivity index (χ2v) is 7.59. The fraction of sp³-hybridized carbons (Fsp3) is 0.400. The van der Waals surface area contributed by atoms with E-state index >= 15 is 0 Å². The van der Waals surface area contributed by atoms with Gasteiger partial charge in [0.1, 0.15) is 23.4 Å². The Balaban J connectivity index is 1.74. The third-order valence-electron chi connectivity index (χ3n) is 4.89. The Hall–Kier alpha value is -2.80. The molecule has 2 atom stereocenters. The summed E-state index contributed by atoms with van der Waals surface area (Å²) >= 11 is 0. The summed E-state index contributed by atoms with van der Waals surface area (Å²) in [7, 11) is 0. The first-order valence-corrected chi connectivity index (χ1v) is 9.42. The minimum absolute atomic E-state index is 0.0206. The van der Waals surface area contributed by atoms with Crippen LogP contribution in [0.15, 0.2) is 48.5 Å². The van der Waals surface area contributed by atoms with E-state index in [4.69, 9.17) is 0 Å². The Morgan fingerprint density at radius 2 is 1.07 bits per heavy atom. The van der Waals surface area contributed by atoms with Gasteiger partial charge < -0.3 is 0 Å². The summed E-state index contributed by atoms with van der Waals surface area (Å²) in [6, 6.07) is 16.1. The predicted molar refractivity (Wildman–Crippen MR) is 106 cm³/mol. The van der Waals surface area contributed by atoms with Crippen LogP contribution in [0.4, 0.5) is 0 Å². The number of benzene rings is 2. The molecule has 7 nitrogen and oxygen atoms in total. The fourth-order valence-corrected chi connectivity index (χ4v) is 3.45. The highest BCUT2D eigenvalue weighted by molar-refractivity contribution is 5.74. The summed E-state index contributed by atoms with van der Waals surface area (Å²) in [5.41, 5.74) is 3.85. The first-order chi connectivity index (χ1) is 13.1. The molecule has 2 unspecified atom stereocenters. The van der Waals surface area contributed by atoms with Crippen LogP contribution < -0.4 is 5.32 Å². The number of hydrogen-bond donors (Lipinski definition) is 1. The Morgan fingerprint density at radius 3 is 1.48 bits per heavy atom. The van der Waals surface area contributed by atoms with E-state index in [-0.39, 0.29) is 12.3 Å². The fourth-order valence-electron chi connectivity index (χ4n) is 3.45. The Kier molecular flexibility index (Phi) is 4.61. The molecular weight excluding hydrogens is 338 g/mol. The maximum atomic E-state index is 4.43. The van der Waals surface area contributed by atoms with Crippen molar-refractivity contribution >= 4 is 22.1 Å². The Labute approximate surface area is 158 Å². The van der Waals surface area contributed by atoms with Crippen LogP contribution >= 0.6 is 0 Å². The highest BCUT2D eigenvalue weighted by atomic mass is 15.5. The van der Waals surface area contributed by atoms with Crippen molar-refractivity contribution in [2.24, 2.45) is 11.8 Å². The molecule has 0 aliphatic carbocycles. The normalized spacial score (nSPS) is 14.4. The van der Waals surface area contributed by atoms with Crippen molar-refractivity contribution in [3.05, 3.63) is 48.5 Å². The monoisotopic (exact) mass is 363 g/mol. The zero-order valence-corrected chi connectivity index (χ0v) is 16.1. The molecule has 7 heteroatoms. The van der Waals surface area contributed by atoms with Gasteiger partial charge in [-0.3, -0.25) is 5.32 Å². The third-order valence-corrected chi connectivity index (χ3v) is 4.89. The molecule has 4 rings (SSSR count). The van der Waals surface area contributed by atoms with Gasteiger partial charge in [-0.1, -0.05) is 62.4 Å². The molecule has 140 valence electrons.